The van der Waals surface area contributed by atoms with Crippen molar-refractivity contribution in [1.29, 1.82) is 0 Å². The van der Waals surface area contributed by atoms with E-state index in [-0.39, 0.29) is 12.2 Å². The molecule has 3 rings (SSSR count). The zero-order valence-electron chi connectivity index (χ0n) is 11.6. The van der Waals surface area contributed by atoms with Crippen molar-refractivity contribution >= 4 is 0 Å². The molecular weight excluding hydrogens is 244 g/mol. The molecule has 6 heteroatoms. The lowest BCUT2D eigenvalue weighted by Crippen LogP contribution is -2.44. The van der Waals surface area contributed by atoms with Gasteiger partial charge in [-0.15, -0.1) is 0 Å². The van der Waals surface area contributed by atoms with Crippen molar-refractivity contribution in [3.05, 3.63) is 17.7 Å². The van der Waals surface area contributed by atoms with Crippen LogP contribution < -0.4 is 5.32 Å². The molecule has 3 heterocycles. The summed E-state index contributed by atoms with van der Waals surface area (Å²) in [5.41, 5.74) is 2.43. The lowest BCUT2D eigenvalue weighted by molar-refractivity contribution is -0.00461. The second-order valence-corrected chi connectivity index (χ2v) is 5.38. The Bertz CT molecular complexity index is 411. The quantitative estimate of drug-likeness (QED) is 0.788. The number of aromatic amines is 1. The van der Waals surface area contributed by atoms with Gasteiger partial charge < -0.3 is 19.8 Å². The summed E-state index contributed by atoms with van der Waals surface area (Å²) in [4.78, 5) is 9.97. The Morgan fingerprint density at radius 1 is 1.32 bits per heavy atom. The predicted molar refractivity (Wildman–Crippen MR) is 71.0 cm³/mol. The molecule has 2 N–H and O–H groups in total. The van der Waals surface area contributed by atoms with E-state index in [2.05, 4.69) is 20.2 Å². The molecule has 2 aliphatic rings. The van der Waals surface area contributed by atoms with Crippen molar-refractivity contribution < 1.29 is 9.47 Å². The fraction of sp³-hybridized carbons (Fsp3) is 0.769. The monoisotopic (exact) mass is 266 g/mol. The minimum atomic E-state index is 0.189. The molecule has 0 saturated carbocycles. The first kappa shape index (κ1) is 13.1. The summed E-state index contributed by atoms with van der Waals surface area (Å²) < 4.78 is 10.9. The van der Waals surface area contributed by atoms with Crippen LogP contribution in [-0.2, 0) is 22.4 Å². The van der Waals surface area contributed by atoms with Gasteiger partial charge in [-0.25, -0.2) is 4.98 Å². The van der Waals surface area contributed by atoms with Gasteiger partial charge in [0, 0.05) is 52.9 Å². The number of hydrogen-bond donors (Lipinski definition) is 2. The van der Waals surface area contributed by atoms with Crippen LogP contribution >= 0.6 is 0 Å². The number of aromatic nitrogens is 2. The zero-order chi connectivity index (χ0) is 13.2. The van der Waals surface area contributed by atoms with E-state index in [1.165, 1.54) is 11.4 Å². The highest BCUT2D eigenvalue weighted by molar-refractivity contribution is 5.16. The minimum absolute atomic E-state index is 0.189. The molecule has 0 radical (unpaired) electrons. The van der Waals surface area contributed by atoms with Crippen LogP contribution in [0.1, 0.15) is 11.4 Å². The van der Waals surface area contributed by atoms with Crippen molar-refractivity contribution in [3.8, 4) is 0 Å². The van der Waals surface area contributed by atoms with Crippen molar-refractivity contribution in [3.63, 3.8) is 0 Å². The standard InChI is InChI=1S/C13H22N4O2/c1-18-12-6-17(7-13(12)19-2)5-9-3-10-11(4-14-9)16-8-15-10/h8-9,12-14H,3-7H2,1-2H3,(H,15,16). The number of nitrogens with zero attached hydrogens (tertiary/aromatic N) is 2. The molecule has 1 saturated heterocycles. The Kier molecular flexibility index (Phi) is 3.83. The lowest BCUT2D eigenvalue weighted by Gasteiger charge is -2.27. The van der Waals surface area contributed by atoms with Crippen LogP contribution in [0.2, 0.25) is 0 Å². The summed E-state index contributed by atoms with van der Waals surface area (Å²) in [5.74, 6) is 0. The van der Waals surface area contributed by atoms with Crippen LogP contribution in [0.5, 0.6) is 0 Å². The van der Waals surface area contributed by atoms with Crippen LogP contribution in [0.15, 0.2) is 6.33 Å². The third kappa shape index (κ3) is 2.67. The normalized spacial score (nSPS) is 31.6. The molecule has 0 spiro atoms. The van der Waals surface area contributed by atoms with E-state index in [9.17, 15) is 0 Å². The van der Waals surface area contributed by atoms with Gasteiger partial charge in [0.05, 0.1) is 29.9 Å². The minimum Gasteiger partial charge on any atom is -0.377 e. The van der Waals surface area contributed by atoms with E-state index in [4.69, 9.17) is 9.47 Å². The second-order valence-electron chi connectivity index (χ2n) is 5.38. The van der Waals surface area contributed by atoms with Crippen LogP contribution in [0, 0.1) is 0 Å². The SMILES string of the molecule is COC1CN(CC2Cc3nc[nH]c3CN2)CC1OC. The molecule has 0 aromatic carbocycles. The summed E-state index contributed by atoms with van der Waals surface area (Å²) in [6.07, 6.45) is 3.15. The van der Waals surface area contributed by atoms with Crippen LogP contribution in [0.3, 0.4) is 0 Å². The Labute approximate surface area is 113 Å². The highest BCUT2D eigenvalue weighted by Crippen LogP contribution is 2.18. The summed E-state index contributed by atoms with van der Waals surface area (Å²) in [5, 5.41) is 3.56. The number of hydrogen-bond acceptors (Lipinski definition) is 5. The summed E-state index contributed by atoms with van der Waals surface area (Å²) in [7, 11) is 3.52. The van der Waals surface area contributed by atoms with Crippen molar-refractivity contribution in [2.45, 2.75) is 31.2 Å². The number of imidazole rings is 1. The number of likely N-dealkylation sites (tertiary alicyclic amines) is 1. The molecular formula is C13H22N4O2. The van der Waals surface area contributed by atoms with E-state index in [1.54, 1.807) is 20.5 Å². The number of nitrogens with one attached hydrogen (secondary N) is 2. The topological polar surface area (TPSA) is 62.4 Å². The lowest BCUT2D eigenvalue weighted by atomic mass is 10.1. The Morgan fingerprint density at radius 3 is 2.74 bits per heavy atom. The molecule has 3 unspecified atom stereocenters. The van der Waals surface area contributed by atoms with E-state index in [1.807, 2.05) is 0 Å². The zero-order valence-corrected chi connectivity index (χ0v) is 11.6. The molecule has 1 aromatic rings. The molecule has 1 fully saturated rings. The first-order valence-corrected chi connectivity index (χ1v) is 6.82. The highest BCUT2D eigenvalue weighted by Gasteiger charge is 2.34. The number of H-pyrrole nitrogens is 1. The van der Waals surface area contributed by atoms with Gasteiger partial charge >= 0.3 is 0 Å². The maximum Gasteiger partial charge on any atom is 0.0971 e. The van der Waals surface area contributed by atoms with Gasteiger partial charge in [-0.05, 0) is 0 Å². The van der Waals surface area contributed by atoms with Gasteiger partial charge in [-0.3, -0.25) is 4.90 Å². The molecule has 3 atom stereocenters. The van der Waals surface area contributed by atoms with Gasteiger partial charge in [-0.2, -0.15) is 0 Å². The average molecular weight is 266 g/mol. The Balaban J connectivity index is 1.56. The van der Waals surface area contributed by atoms with Crippen LogP contribution in [0.25, 0.3) is 0 Å². The first-order valence-electron chi connectivity index (χ1n) is 6.82. The van der Waals surface area contributed by atoms with E-state index in [0.29, 0.717) is 6.04 Å². The number of rotatable bonds is 4. The molecule has 1 aromatic heterocycles. The first-order chi connectivity index (χ1) is 9.30. The maximum atomic E-state index is 5.47. The molecule has 2 aliphatic heterocycles. The molecule has 106 valence electrons. The molecule has 0 bridgehead atoms. The van der Waals surface area contributed by atoms with Gasteiger partial charge in [0.15, 0.2) is 0 Å². The van der Waals surface area contributed by atoms with Gasteiger partial charge in [0.1, 0.15) is 0 Å². The fourth-order valence-corrected chi connectivity index (χ4v) is 3.09. The molecule has 6 nitrogen and oxygen atoms in total. The molecule has 0 aliphatic carbocycles. The van der Waals surface area contributed by atoms with Crippen molar-refractivity contribution in [1.82, 2.24) is 20.2 Å². The van der Waals surface area contributed by atoms with Gasteiger partial charge in [-0.1, -0.05) is 0 Å². The number of methoxy groups -OCH3 is 2. The van der Waals surface area contributed by atoms with E-state index < -0.39 is 0 Å². The Morgan fingerprint density at radius 2 is 2.05 bits per heavy atom. The largest absolute Gasteiger partial charge is 0.377 e. The average Bonchev–Trinajstić information content (AvgIpc) is 3.04. The molecule has 19 heavy (non-hydrogen) atoms. The Hall–Kier alpha value is -0.950. The van der Waals surface area contributed by atoms with Crippen molar-refractivity contribution in [2.24, 2.45) is 0 Å². The van der Waals surface area contributed by atoms with E-state index in [0.717, 1.165) is 32.6 Å². The number of fused-ring (bicyclic) bond motifs is 1. The second kappa shape index (κ2) is 5.58. The number of ether oxygens (including phenoxy) is 2. The summed E-state index contributed by atoms with van der Waals surface area (Å²) >= 11 is 0. The third-order valence-corrected chi connectivity index (χ3v) is 4.19. The van der Waals surface area contributed by atoms with Gasteiger partial charge in [0.2, 0.25) is 0 Å². The summed E-state index contributed by atoms with van der Waals surface area (Å²) in [6.45, 7) is 3.79. The summed E-state index contributed by atoms with van der Waals surface area (Å²) in [6, 6.07) is 0.462. The van der Waals surface area contributed by atoms with Crippen molar-refractivity contribution in [2.75, 3.05) is 33.9 Å². The van der Waals surface area contributed by atoms with Gasteiger partial charge in [0.25, 0.3) is 0 Å². The third-order valence-electron chi connectivity index (χ3n) is 4.19. The van der Waals surface area contributed by atoms with Crippen LogP contribution in [-0.4, -0.2) is 67.0 Å². The van der Waals surface area contributed by atoms with E-state index >= 15 is 0 Å². The predicted octanol–water partition coefficient (Wildman–Crippen LogP) is -0.230. The smallest absolute Gasteiger partial charge is 0.0971 e. The fourth-order valence-electron chi connectivity index (χ4n) is 3.09. The highest BCUT2D eigenvalue weighted by atomic mass is 16.5. The van der Waals surface area contributed by atoms with Crippen LogP contribution in [0.4, 0.5) is 0 Å². The maximum absolute atomic E-state index is 5.47. The molecule has 0 amide bonds.